The Morgan fingerprint density at radius 2 is 1.76 bits per heavy atom. The lowest BCUT2D eigenvalue weighted by Gasteiger charge is -2.13. The van der Waals surface area contributed by atoms with Crippen LogP contribution in [0.4, 0.5) is 17.6 Å². The molecule has 33 heavy (non-hydrogen) atoms. The normalized spacial score (nSPS) is 11.2. The lowest BCUT2D eigenvalue weighted by atomic mass is 9.96. The number of hydrogen-bond donors (Lipinski definition) is 2. The first-order chi connectivity index (χ1) is 15.5. The number of alkyl halides is 3. The average molecular weight is 461 g/mol. The number of carbonyl (C=O) groups is 2. The third-order valence-electron chi connectivity index (χ3n) is 5.02. The van der Waals surface area contributed by atoms with Gasteiger partial charge < -0.3 is 15.2 Å². The third kappa shape index (κ3) is 5.31. The van der Waals surface area contributed by atoms with Crippen LogP contribution in [0, 0.1) is 12.7 Å². The van der Waals surface area contributed by atoms with Crippen molar-refractivity contribution in [2.45, 2.75) is 19.6 Å². The molecule has 0 saturated carbocycles. The standard InChI is InChI=1S/C24H19F4NO4/c1-13-9-15(23(32)33-2)3-6-18(13)14-4-8-21(30)16(10-14)12-29-22(31)19-7-5-17(11-20(19)25)24(26,27)28/h3-11,30H,12H2,1-2H3,(H,29,31). The highest BCUT2D eigenvalue weighted by atomic mass is 19.4. The summed E-state index contributed by atoms with van der Waals surface area (Å²) < 4.78 is 56.8. The molecule has 0 spiro atoms. The van der Waals surface area contributed by atoms with E-state index < -0.39 is 35.0 Å². The van der Waals surface area contributed by atoms with Crippen molar-refractivity contribution in [3.05, 3.63) is 88.2 Å². The summed E-state index contributed by atoms with van der Waals surface area (Å²) in [6.45, 7) is 1.60. The number of phenolic OH excluding ortho intramolecular Hbond substituents is 1. The Kier molecular flexibility index (Phi) is 6.71. The number of aromatic hydroxyl groups is 1. The minimum atomic E-state index is -4.73. The SMILES string of the molecule is COC(=O)c1ccc(-c2ccc(O)c(CNC(=O)c3ccc(C(F)(F)F)cc3F)c2)c(C)c1. The molecule has 1 amide bonds. The van der Waals surface area contributed by atoms with Gasteiger partial charge in [0.25, 0.3) is 5.91 Å². The molecule has 0 fully saturated rings. The van der Waals surface area contributed by atoms with Gasteiger partial charge in [-0.2, -0.15) is 13.2 Å². The Morgan fingerprint density at radius 1 is 1.03 bits per heavy atom. The molecule has 2 N–H and O–H groups in total. The molecule has 0 aliphatic heterocycles. The van der Waals surface area contributed by atoms with Gasteiger partial charge in [-0.1, -0.05) is 12.1 Å². The van der Waals surface area contributed by atoms with Gasteiger partial charge in [0.15, 0.2) is 0 Å². The maximum absolute atomic E-state index is 14.0. The smallest absolute Gasteiger partial charge is 0.416 e. The summed E-state index contributed by atoms with van der Waals surface area (Å²) in [5.74, 6) is -2.84. The van der Waals surface area contributed by atoms with Crippen molar-refractivity contribution in [2.24, 2.45) is 0 Å². The number of esters is 1. The maximum Gasteiger partial charge on any atom is 0.416 e. The summed E-state index contributed by atoms with van der Waals surface area (Å²) in [6, 6.07) is 11.3. The van der Waals surface area contributed by atoms with Crippen LogP contribution in [0.15, 0.2) is 54.6 Å². The van der Waals surface area contributed by atoms with Crippen molar-refractivity contribution < 1.29 is 37.0 Å². The molecule has 9 heteroatoms. The molecule has 5 nitrogen and oxygen atoms in total. The molecule has 0 heterocycles. The van der Waals surface area contributed by atoms with Gasteiger partial charge in [-0.25, -0.2) is 9.18 Å². The Labute approximate surface area is 186 Å². The molecular formula is C24H19F4NO4. The zero-order chi connectivity index (χ0) is 24.3. The minimum absolute atomic E-state index is 0.129. The van der Waals surface area contributed by atoms with E-state index in [1.165, 1.54) is 13.2 Å². The van der Waals surface area contributed by atoms with E-state index in [-0.39, 0.29) is 18.4 Å². The lowest BCUT2D eigenvalue weighted by Crippen LogP contribution is -2.24. The summed E-state index contributed by atoms with van der Waals surface area (Å²) >= 11 is 0. The van der Waals surface area contributed by atoms with Crippen LogP contribution >= 0.6 is 0 Å². The van der Waals surface area contributed by atoms with Gasteiger partial charge in [0.1, 0.15) is 11.6 Å². The van der Waals surface area contributed by atoms with Crippen LogP contribution in [0.1, 0.15) is 37.4 Å². The fourth-order valence-electron chi connectivity index (χ4n) is 3.27. The van der Waals surface area contributed by atoms with E-state index in [0.717, 1.165) is 17.2 Å². The molecule has 3 aromatic rings. The van der Waals surface area contributed by atoms with E-state index in [4.69, 9.17) is 4.74 Å². The quantitative estimate of drug-likeness (QED) is 0.403. The highest BCUT2D eigenvalue weighted by Crippen LogP contribution is 2.31. The summed E-state index contributed by atoms with van der Waals surface area (Å²) in [7, 11) is 1.28. The number of ether oxygens (including phenoxy) is 1. The molecule has 3 aromatic carbocycles. The molecular weight excluding hydrogens is 442 g/mol. The van der Waals surface area contributed by atoms with Crippen LogP contribution in [-0.4, -0.2) is 24.1 Å². The predicted molar refractivity (Wildman–Crippen MR) is 112 cm³/mol. The van der Waals surface area contributed by atoms with Crippen LogP contribution in [0.3, 0.4) is 0 Å². The minimum Gasteiger partial charge on any atom is -0.508 e. The molecule has 0 saturated heterocycles. The molecule has 0 unspecified atom stereocenters. The number of phenols is 1. The number of rotatable bonds is 5. The van der Waals surface area contributed by atoms with Crippen LogP contribution in [-0.2, 0) is 17.5 Å². The van der Waals surface area contributed by atoms with Gasteiger partial charge in [-0.15, -0.1) is 0 Å². The monoisotopic (exact) mass is 461 g/mol. The number of amides is 1. The van der Waals surface area contributed by atoms with Gasteiger partial charge in [-0.05, 0) is 66.1 Å². The molecule has 0 aromatic heterocycles. The van der Waals surface area contributed by atoms with Gasteiger partial charge >= 0.3 is 12.1 Å². The summed E-state index contributed by atoms with van der Waals surface area (Å²) in [5.41, 5.74) is 1.16. The topological polar surface area (TPSA) is 75.6 Å². The van der Waals surface area contributed by atoms with Gasteiger partial charge in [0.2, 0.25) is 0 Å². The number of nitrogens with one attached hydrogen (secondary N) is 1. The van der Waals surface area contributed by atoms with Gasteiger partial charge in [0.05, 0.1) is 23.8 Å². The number of aryl methyl sites for hydroxylation is 1. The Bertz CT molecular complexity index is 1220. The number of methoxy groups -OCH3 is 1. The van der Waals surface area contributed by atoms with Crippen molar-refractivity contribution in [3.63, 3.8) is 0 Å². The maximum atomic E-state index is 14.0. The third-order valence-corrected chi connectivity index (χ3v) is 5.02. The second-order valence-electron chi connectivity index (χ2n) is 7.24. The fourth-order valence-corrected chi connectivity index (χ4v) is 3.27. The Morgan fingerprint density at radius 3 is 2.36 bits per heavy atom. The van der Waals surface area contributed by atoms with Crippen molar-refractivity contribution >= 4 is 11.9 Å². The van der Waals surface area contributed by atoms with E-state index >= 15 is 0 Å². The average Bonchev–Trinajstić information content (AvgIpc) is 2.77. The van der Waals surface area contributed by atoms with Crippen molar-refractivity contribution in [3.8, 4) is 16.9 Å². The first-order valence-corrected chi connectivity index (χ1v) is 9.67. The first-order valence-electron chi connectivity index (χ1n) is 9.67. The van der Waals surface area contributed by atoms with E-state index in [2.05, 4.69) is 5.32 Å². The summed E-state index contributed by atoms with van der Waals surface area (Å²) in [4.78, 5) is 24.0. The lowest BCUT2D eigenvalue weighted by molar-refractivity contribution is -0.137. The number of halogens is 4. The van der Waals surface area contributed by atoms with Crippen LogP contribution in [0.2, 0.25) is 0 Å². The van der Waals surface area contributed by atoms with Gasteiger partial charge in [0, 0.05) is 12.1 Å². The van der Waals surface area contributed by atoms with E-state index in [9.17, 15) is 32.3 Å². The van der Waals surface area contributed by atoms with E-state index in [0.29, 0.717) is 22.8 Å². The van der Waals surface area contributed by atoms with E-state index in [1.54, 1.807) is 37.3 Å². The zero-order valence-electron chi connectivity index (χ0n) is 17.6. The number of carbonyl (C=O) groups excluding carboxylic acids is 2. The molecule has 172 valence electrons. The molecule has 0 aliphatic carbocycles. The second-order valence-corrected chi connectivity index (χ2v) is 7.24. The van der Waals surface area contributed by atoms with E-state index in [1.807, 2.05) is 0 Å². The molecule has 0 bridgehead atoms. The van der Waals surface area contributed by atoms with Gasteiger partial charge in [-0.3, -0.25) is 4.79 Å². The molecule has 0 aliphatic rings. The Hall–Kier alpha value is -3.88. The first kappa shape index (κ1) is 23.8. The van der Waals surface area contributed by atoms with Crippen LogP contribution in [0.5, 0.6) is 5.75 Å². The summed E-state index contributed by atoms with van der Waals surface area (Å²) in [6.07, 6.45) is -4.73. The molecule has 0 atom stereocenters. The highest BCUT2D eigenvalue weighted by molar-refractivity contribution is 5.94. The zero-order valence-corrected chi connectivity index (χ0v) is 17.6. The predicted octanol–water partition coefficient (Wildman–Crippen LogP) is 5.24. The number of benzene rings is 3. The fraction of sp³-hybridized carbons (Fsp3) is 0.167. The van der Waals surface area contributed by atoms with Crippen molar-refractivity contribution in [1.82, 2.24) is 5.32 Å². The number of hydrogen-bond acceptors (Lipinski definition) is 4. The van der Waals surface area contributed by atoms with Crippen LogP contribution in [0.25, 0.3) is 11.1 Å². The largest absolute Gasteiger partial charge is 0.508 e. The molecule has 3 rings (SSSR count). The van der Waals surface area contributed by atoms with Crippen molar-refractivity contribution in [2.75, 3.05) is 7.11 Å². The molecule has 0 radical (unpaired) electrons. The van der Waals surface area contributed by atoms with Crippen LogP contribution < -0.4 is 5.32 Å². The highest BCUT2D eigenvalue weighted by Gasteiger charge is 2.31. The van der Waals surface area contributed by atoms with Crippen molar-refractivity contribution in [1.29, 1.82) is 0 Å². The second kappa shape index (κ2) is 9.32. The Balaban J connectivity index is 1.80. The summed E-state index contributed by atoms with van der Waals surface area (Å²) in [5, 5.41) is 12.6.